The molecule has 0 N–H and O–H groups in total. The summed E-state index contributed by atoms with van der Waals surface area (Å²) in [4.78, 5) is 38.2. The molecule has 0 aliphatic rings. The smallest absolute Gasteiger partial charge is 0.306 e. The Hall–Kier alpha value is -2.11. The van der Waals surface area contributed by atoms with Crippen molar-refractivity contribution in [3.63, 3.8) is 0 Å². The minimum absolute atomic E-state index is 0.0727. The van der Waals surface area contributed by atoms with E-state index in [-0.39, 0.29) is 31.1 Å². The molecule has 0 bridgehead atoms. The third-order valence-electron chi connectivity index (χ3n) is 16.2. The van der Waals surface area contributed by atoms with Gasteiger partial charge in [0.25, 0.3) is 0 Å². The Morgan fingerprint density at radius 3 is 0.692 bits per heavy atom. The van der Waals surface area contributed by atoms with Gasteiger partial charge in [-0.05, 0) is 64.2 Å². The Bertz CT molecular complexity index is 1260. The largest absolute Gasteiger partial charge is 0.462 e. The number of ether oxygens (including phenoxy) is 3. The number of hydrogen-bond donors (Lipinski definition) is 0. The molecule has 1 unspecified atom stereocenters. The minimum Gasteiger partial charge on any atom is -0.462 e. The van der Waals surface area contributed by atoms with Crippen LogP contribution in [-0.4, -0.2) is 37.2 Å². The molecule has 0 fully saturated rings. The Balaban J connectivity index is 3.99. The van der Waals surface area contributed by atoms with E-state index in [0.29, 0.717) is 19.3 Å². The average Bonchev–Trinajstić information content (AvgIpc) is 3.44. The standard InChI is InChI=1S/C72H136O6/c1-4-7-10-13-16-19-22-24-26-28-29-30-31-32-33-34-35-36-37-38-39-40-41-42-43-44-45-47-48-50-53-56-59-62-65-71(74)77-68-69(67-76-70(73)64-61-58-55-52-21-18-15-12-9-6-3)78-72(75)66-63-60-57-54-51-49-46-27-25-23-20-17-14-11-8-5-2/h12,15,27,46,69H,4-11,13-14,16-26,28-45,47-68H2,1-3H3/b15-12-,46-27-. The molecule has 0 heterocycles. The second-order valence-corrected chi connectivity index (χ2v) is 24.1. The van der Waals surface area contributed by atoms with Crippen LogP contribution in [0.2, 0.25) is 0 Å². The van der Waals surface area contributed by atoms with Gasteiger partial charge in [-0.3, -0.25) is 14.4 Å². The van der Waals surface area contributed by atoms with Crippen LogP contribution in [0.15, 0.2) is 24.3 Å². The zero-order chi connectivity index (χ0) is 56.4. The Morgan fingerprint density at radius 1 is 0.244 bits per heavy atom. The van der Waals surface area contributed by atoms with Crippen LogP contribution < -0.4 is 0 Å². The molecule has 6 heteroatoms. The highest BCUT2D eigenvalue weighted by molar-refractivity contribution is 5.71. The molecule has 1 atom stereocenters. The zero-order valence-corrected chi connectivity index (χ0v) is 53.0. The molecule has 0 saturated heterocycles. The van der Waals surface area contributed by atoms with E-state index >= 15 is 0 Å². The summed E-state index contributed by atoms with van der Waals surface area (Å²) in [6.45, 7) is 6.63. The van der Waals surface area contributed by atoms with E-state index in [4.69, 9.17) is 14.2 Å². The van der Waals surface area contributed by atoms with Gasteiger partial charge in [0.15, 0.2) is 6.10 Å². The third-order valence-corrected chi connectivity index (χ3v) is 16.2. The minimum atomic E-state index is -0.776. The first kappa shape index (κ1) is 75.9. The van der Waals surface area contributed by atoms with Crippen molar-refractivity contribution in [2.45, 2.75) is 406 Å². The maximum Gasteiger partial charge on any atom is 0.306 e. The van der Waals surface area contributed by atoms with Gasteiger partial charge in [-0.1, -0.05) is 340 Å². The lowest BCUT2D eigenvalue weighted by Gasteiger charge is -2.18. The molecular formula is C72H136O6. The van der Waals surface area contributed by atoms with Crippen LogP contribution in [0.3, 0.4) is 0 Å². The number of rotatable bonds is 66. The number of carbonyl (C=O) groups excluding carboxylic acids is 3. The molecule has 0 rings (SSSR count). The number of hydrogen-bond acceptors (Lipinski definition) is 6. The first-order valence-corrected chi connectivity index (χ1v) is 35.3. The second kappa shape index (κ2) is 67.4. The first-order chi connectivity index (χ1) is 38.5. The van der Waals surface area contributed by atoms with Crippen molar-refractivity contribution in [1.29, 1.82) is 0 Å². The summed E-state index contributed by atoms with van der Waals surface area (Å²) in [5.74, 6) is -0.868. The molecule has 0 saturated carbocycles. The quantitative estimate of drug-likeness (QED) is 0.0261. The Labute approximate surface area is 487 Å². The molecule has 460 valence electrons. The third kappa shape index (κ3) is 64.7. The fraction of sp³-hybridized carbons (Fsp3) is 0.903. The topological polar surface area (TPSA) is 78.9 Å². The summed E-state index contributed by atoms with van der Waals surface area (Å²) in [5.41, 5.74) is 0. The first-order valence-electron chi connectivity index (χ1n) is 35.3. The monoisotopic (exact) mass is 1100 g/mol. The van der Waals surface area contributed by atoms with E-state index in [1.165, 1.54) is 283 Å². The molecule has 0 aromatic rings. The van der Waals surface area contributed by atoms with Gasteiger partial charge in [-0.2, -0.15) is 0 Å². The lowest BCUT2D eigenvalue weighted by atomic mass is 10.0. The molecule has 78 heavy (non-hydrogen) atoms. The lowest BCUT2D eigenvalue weighted by Crippen LogP contribution is -2.30. The van der Waals surface area contributed by atoms with Crippen molar-refractivity contribution in [1.82, 2.24) is 0 Å². The van der Waals surface area contributed by atoms with Gasteiger partial charge in [0.05, 0.1) is 0 Å². The van der Waals surface area contributed by atoms with Gasteiger partial charge in [-0.15, -0.1) is 0 Å². The van der Waals surface area contributed by atoms with Crippen LogP contribution in [0.25, 0.3) is 0 Å². The number of allylic oxidation sites excluding steroid dienone is 4. The highest BCUT2D eigenvalue weighted by Crippen LogP contribution is 2.19. The van der Waals surface area contributed by atoms with Gasteiger partial charge < -0.3 is 14.2 Å². The Morgan fingerprint density at radius 2 is 0.449 bits per heavy atom. The van der Waals surface area contributed by atoms with Crippen molar-refractivity contribution in [3.8, 4) is 0 Å². The normalized spacial score (nSPS) is 12.1. The van der Waals surface area contributed by atoms with Gasteiger partial charge in [-0.25, -0.2) is 0 Å². The van der Waals surface area contributed by atoms with Crippen molar-refractivity contribution in [3.05, 3.63) is 24.3 Å². The molecule has 0 aliphatic carbocycles. The van der Waals surface area contributed by atoms with Crippen LogP contribution in [0.1, 0.15) is 400 Å². The number of esters is 3. The van der Waals surface area contributed by atoms with E-state index < -0.39 is 6.10 Å². The van der Waals surface area contributed by atoms with Gasteiger partial charge in [0.2, 0.25) is 0 Å². The fourth-order valence-corrected chi connectivity index (χ4v) is 10.9. The number of unbranched alkanes of at least 4 members (excludes halogenated alkanes) is 51. The SMILES string of the molecule is CCC/C=C\CCCCCCCC(=O)OCC(COC(=O)CCCCCCCCCCCCCCCCCCCCCCCCCCCCCCCCCCCC)OC(=O)CCCCCCC/C=C\CCCCCCCCC. The van der Waals surface area contributed by atoms with Crippen LogP contribution in [-0.2, 0) is 28.6 Å². The van der Waals surface area contributed by atoms with E-state index in [1.54, 1.807) is 0 Å². The van der Waals surface area contributed by atoms with Crippen LogP contribution in [0, 0.1) is 0 Å². The molecule has 6 nitrogen and oxygen atoms in total. The van der Waals surface area contributed by atoms with E-state index in [2.05, 4.69) is 45.1 Å². The van der Waals surface area contributed by atoms with Gasteiger partial charge in [0, 0.05) is 19.3 Å². The van der Waals surface area contributed by atoms with Crippen LogP contribution >= 0.6 is 0 Å². The molecule has 0 radical (unpaired) electrons. The maximum absolute atomic E-state index is 12.9. The summed E-state index contributed by atoms with van der Waals surface area (Å²) in [5, 5.41) is 0. The summed E-state index contributed by atoms with van der Waals surface area (Å²) in [6, 6.07) is 0. The highest BCUT2D eigenvalue weighted by Gasteiger charge is 2.19. The van der Waals surface area contributed by atoms with Crippen LogP contribution in [0.4, 0.5) is 0 Å². The molecular weight excluding hydrogens is 961 g/mol. The van der Waals surface area contributed by atoms with E-state index in [1.807, 2.05) is 0 Å². The molecule has 0 aliphatic heterocycles. The summed E-state index contributed by atoms with van der Waals surface area (Å²) < 4.78 is 16.9. The Kier molecular flexibility index (Phi) is 65.6. The van der Waals surface area contributed by atoms with Crippen molar-refractivity contribution < 1.29 is 28.6 Å². The lowest BCUT2D eigenvalue weighted by molar-refractivity contribution is -0.167. The fourth-order valence-electron chi connectivity index (χ4n) is 10.9. The number of carbonyl (C=O) groups is 3. The molecule has 0 amide bonds. The van der Waals surface area contributed by atoms with E-state index in [9.17, 15) is 14.4 Å². The van der Waals surface area contributed by atoms with E-state index in [0.717, 1.165) is 77.0 Å². The second-order valence-electron chi connectivity index (χ2n) is 24.1. The zero-order valence-electron chi connectivity index (χ0n) is 53.0. The molecule has 0 spiro atoms. The van der Waals surface area contributed by atoms with Crippen molar-refractivity contribution >= 4 is 17.9 Å². The van der Waals surface area contributed by atoms with Gasteiger partial charge in [0.1, 0.15) is 13.2 Å². The van der Waals surface area contributed by atoms with Gasteiger partial charge >= 0.3 is 17.9 Å². The van der Waals surface area contributed by atoms with Crippen molar-refractivity contribution in [2.75, 3.05) is 13.2 Å². The highest BCUT2D eigenvalue weighted by atomic mass is 16.6. The molecule has 0 aromatic heterocycles. The predicted molar refractivity (Wildman–Crippen MR) is 340 cm³/mol. The molecule has 0 aromatic carbocycles. The van der Waals surface area contributed by atoms with Crippen LogP contribution in [0.5, 0.6) is 0 Å². The maximum atomic E-state index is 12.9. The summed E-state index contributed by atoms with van der Waals surface area (Å²) >= 11 is 0. The average molecular weight is 1100 g/mol. The predicted octanol–water partition coefficient (Wildman–Crippen LogP) is 24.2. The summed E-state index contributed by atoms with van der Waals surface area (Å²) in [6.07, 6.45) is 82.5. The summed E-state index contributed by atoms with van der Waals surface area (Å²) in [7, 11) is 0. The van der Waals surface area contributed by atoms with Crippen molar-refractivity contribution in [2.24, 2.45) is 0 Å².